The summed E-state index contributed by atoms with van der Waals surface area (Å²) in [5, 5.41) is 9.38. The van der Waals surface area contributed by atoms with Crippen LogP contribution in [0.15, 0.2) is 0 Å². The Morgan fingerprint density at radius 2 is 1.60 bits per heavy atom. The van der Waals surface area contributed by atoms with Crippen LogP contribution in [0.5, 0.6) is 0 Å². The maximum atomic E-state index is 13.0. The Hall–Kier alpha value is -0.930. The summed E-state index contributed by atoms with van der Waals surface area (Å²) in [6.07, 6.45) is 12.7. The number of ketones is 1. The maximum absolute atomic E-state index is 13.0. The predicted molar refractivity (Wildman–Crippen MR) is 97.3 cm³/mol. The number of carbonyl (C=O) groups is 2. The van der Waals surface area contributed by atoms with Crippen LogP contribution in [0.4, 0.5) is 4.39 Å². The SMILES string of the molecule is CCC(=O)CCC1(C2(CCCF)CCCCC2)CCC(C(=O)O)CC1. The van der Waals surface area contributed by atoms with Gasteiger partial charge in [0, 0.05) is 12.8 Å². The van der Waals surface area contributed by atoms with Crippen LogP contribution in [0, 0.1) is 16.7 Å². The number of halogens is 1. The lowest BCUT2D eigenvalue weighted by molar-refractivity contribution is -0.146. The largest absolute Gasteiger partial charge is 0.481 e. The number of aliphatic carboxylic acids is 1. The highest BCUT2D eigenvalue weighted by molar-refractivity contribution is 5.78. The quantitative estimate of drug-likeness (QED) is 0.577. The van der Waals surface area contributed by atoms with Crippen molar-refractivity contribution in [3.8, 4) is 0 Å². The number of carboxylic acid groups (broad SMARTS) is 1. The number of Topliss-reactive ketones (excluding diaryl/α,β-unsaturated/α-hetero) is 1. The average Bonchev–Trinajstić information content (AvgIpc) is 2.65. The summed E-state index contributed by atoms with van der Waals surface area (Å²) in [7, 11) is 0. The molecule has 2 saturated carbocycles. The highest BCUT2D eigenvalue weighted by atomic mass is 19.1. The molecule has 0 amide bonds. The lowest BCUT2D eigenvalue weighted by atomic mass is 9.48. The molecule has 0 radical (unpaired) electrons. The van der Waals surface area contributed by atoms with E-state index < -0.39 is 5.97 Å². The molecule has 0 bridgehead atoms. The Labute approximate surface area is 151 Å². The summed E-state index contributed by atoms with van der Waals surface area (Å²) in [6.45, 7) is 1.64. The van der Waals surface area contributed by atoms with E-state index in [1.807, 2.05) is 6.92 Å². The van der Waals surface area contributed by atoms with Gasteiger partial charge in [-0.1, -0.05) is 26.2 Å². The third kappa shape index (κ3) is 4.62. The first-order valence-electron chi connectivity index (χ1n) is 10.3. The fourth-order valence-corrected chi connectivity index (χ4v) is 5.70. The molecule has 0 aromatic heterocycles. The number of hydrogen-bond donors (Lipinski definition) is 1. The van der Waals surface area contributed by atoms with Crippen molar-refractivity contribution >= 4 is 11.8 Å². The van der Waals surface area contributed by atoms with Gasteiger partial charge in [0.25, 0.3) is 0 Å². The molecular weight excluding hydrogens is 319 g/mol. The Kier molecular flexibility index (Phi) is 7.45. The molecule has 0 saturated heterocycles. The fourth-order valence-electron chi connectivity index (χ4n) is 5.70. The second kappa shape index (κ2) is 9.14. The lowest BCUT2D eigenvalue weighted by Crippen LogP contribution is -2.47. The van der Waals surface area contributed by atoms with Crippen molar-refractivity contribution in [1.29, 1.82) is 0 Å². The minimum absolute atomic E-state index is 0.0410. The van der Waals surface area contributed by atoms with Crippen LogP contribution in [-0.4, -0.2) is 23.5 Å². The Morgan fingerprint density at radius 1 is 1.00 bits per heavy atom. The maximum Gasteiger partial charge on any atom is 0.306 e. The zero-order valence-electron chi connectivity index (χ0n) is 15.8. The van der Waals surface area contributed by atoms with Crippen LogP contribution in [-0.2, 0) is 9.59 Å². The highest BCUT2D eigenvalue weighted by Gasteiger charge is 2.52. The summed E-state index contributed by atoms with van der Waals surface area (Å²) in [5.74, 6) is -0.618. The van der Waals surface area contributed by atoms with E-state index in [-0.39, 0.29) is 23.4 Å². The molecule has 2 aliphatic rings. The van der Waals surface area contributed by atoms with Crippen LogP contribution >= 0.6 is 0 Å². The first kappa shape index (κ1) is 20.4. The van der Waals surface area contributed by atoms with Crippen LogP contribution in [0.2, 0.25) is 0 Å². The highest BCUT2D eigenvalue weighted by Crippen LogP contribution is 2.61. The van der Waals surface area contributed by atoms with Gasteiger partial charge < -0.3 is 5.11 Å². The number of carbonyl (C=O) groups excluding carboxylic acids is 1. The van der Waals surface area contributed by atoms with Gasteiger partial charge in [-0.25, -0.2) is 0 Å². The van der Waals surface area contributed by atoms with Crippen LogP contribution in [0.25, 0.3) is 0 Å². The van der Waals surface area contributed by atoms with Gasteiger partial charge in [-0.2, -0.15) is 0 Å². The molecule has 3 nitrogen and oxygen atoms in total. The third-order valence-electron chi connectivity index (χ3n) is 7.29. The molecule has 2 rings (SSSR count). The lowest BCUT2D eigenvalue weighted by Gasteiger charge is -2.56. The summed E-state index contributed by atoms with van der Waals surface area (Å²) in [5.41, 5.74) is 0.161. The van der Waals surface area contributed by atoms with Gasteiger partial charge in [0.2, 0.25) is 0 Å². The van der Waals surface area contributed by atoms with Gasteiger partial charge in [-0.15, -0.1) is 0 Å². The topological polar surface area (TPSA) is 54.4 Å². The van der Waals surface area contributed by atoms with Crippen molar-refractivity contribution in [2.75, 3.05) is 6.67 Å². The number of rotatable bonds is 9. The molecule has 2 fully saturated rings. The molecule has 0 aliphatic heterocycles. The van der Waals surface area contributed by atoms with Gasteiger partial charge in [-0.05, 0) is 68.6 Å². The molecular formula is C21H35FO3. The van der Waals surface area contributed by atoms with Crippen LogP contribution in [0.1, 0.15) is 96.8 Å². The molecule has 0 heterocycles. The van der Waals surface area contributed by atoms with Crippen molar-refractivity contribution in [2.45, 2.75) is 96.8 Å². The van der Waals surface area contributed by atoms with Crippen LogP contribution < -0.4 is 0 Å². The third-order valence-corrected chi connectivity index (χ3v) is 7.29. The van der Waals surface area contributed by atoms with Gasteiger partial charge >= 0.3 is 5.97 Å². The fraction of sp³-hybridized carbons (Fsp3) is 0.905. The standard InChI is InChI=1S/C21H35FO3/c1-2-18(23)9-15-21(13-7-17(8-14-21)19(24)25)20(12-6-16-22)10-4-3-5-11-20/h17H,2-16H2,1H3,(H,24,25). The van der Waals surface area contributed by atoms with Crippen molar-refractivity contribution in [1.82, 2.24) is 0 Å². The number of carboxylic acids is 1. The number of alkyl halides is 1. The Morgan fingerprint density at radius 3 is 2.12 bits per heavy atom. The second-order valence-electron chi connectivity index (χ2n) is 8.42. The smallest absolute Gasteiger partial charge is 0.306 e. The van der Waals surface area contributed by atoms with Gasteiger partial charge in [0.15, 0.2) is 0 Å². The van der Waals surface area contributed by atoms with Crippen LogP contribution in [0.3, 0.4) is 0 Å². The Balaban J connectivity index is 2.24. The van der Waals surface area contributed by atoms with E-state index in [1.165, 1.54) is 19.3 Å². The monoisotopic (exact) mass is 354 g/mol. The predicted octanol–water partition coefficient (Wildman–Crippen LogP) is 5.71. The van der Waals surface area contributed by atoms with Gasteiger partial charge in [-0.3, -0.25) is 14.0 Å². The molecule has 0 atom stereocenters. The molecule has 4 heteroatoms. The van der Waals surface area contributed by atoms with E-state index in [2.05, 4.69) is 0 Å². The first-order chi connectivity index (χ1) is 12.0. The van der Waals surface area contributed by atoms with Crippen molar-refractivity contribution in [3.63, 3.8) is 0 Å². The number of hydrogen-bond acceptors (Lipinski definition) is 2. The molecule has 2 aliphatic carbocycles. The minimum atomic E-state index is -0.681. The van der Waals surface area contributed by atoms with E-state index >= 15 is 0 Å². The van der Waals surface area contributed by atoms with E-state index in [4.69, 9.17) is 0 Å². The van der Waals surface area contributed by atoms with Gasteiger partial charge in [0.1, 0.15) is 5.78 Å². The molecule has 1 N–H and O–H groups in total. The molecule has 0 unspecified atom stereocenters. The zero-order chi connectivity index (χ0) is 18.3. The van der Waals surface area contributed by atoms with E-state index in [9.17, 15) is 19.1 Å². The second-order valence-corrected chi connectivity index (χ2v) is 8.42. The van der Waals surface area contributed by atoms with Crippen molar-refractivity contribution in [2.24, 2.45) is 16.7 Å². The minimum Gasteiger partial charge on any atom is -0.481 e. The normalized spacial score (nSPS) is 29.3. The average molecular weight is 355 g/mol. The summed E-state index contributed by atoms with van der Waals surface area (Å²) in [4.78, 5) is 23.4. The molecule has 0 spiro atoms. The molecule has 25 heavy (non-hydrogen) atoms. The molecule has 144 valence electrons. The van der Waals surface area contributed by atoms with E-state index in [1.54, 1.807) is 0 Å². The molecule has 0 aromatic rings. The zero-order valence-corrected chi connectivity index (χ0v) is 15.8. The summed E-state index contributed by atoms with van der Waals surface area (Å²) < 4.78 is 13.0. The van der Waals surface area contributed by atoms with E-state index in [0.717, 1.165) is 38.5 Å². The first-order valence-corrected chi connectivity index (χ1v) is 10.3. The van der Waals surface area contributed by atoms with Gasteiger partial charge in [0.05, 0.1) is 12.6 Å². The molecule has 0 aromatic carbocycles. The van der Waals surface area contributed by atoms with E-state index in [0.29, 0.717) is 37.9 Å². The van der Waals surface area contributed by atoms with Crippen molar-refractivity contribution in [3.05, 3.63) is 0 Å². The Bertz CT molecular complexity index is 446. The van der Waals surface area contributed by atoms with Crippen molar-refractivity contribution < 1.29 is 19.1 Å². The summed E-state index contributed by atoms with van der Waals surface area (Å²) in [6, 6.07) is 0. The summed E-state index contributed by atoms with van der Waals surface area (Å²) >= 11 is 0.